The first kappa shape index (κ1) is 13.0. The Morgan fingerprint density at radius 3 is 2.44 bits per heavy atom. The maximum atomic E-state index is 4.24. The maximum Gasteiger partial charge on any atom is 0.202 e. The first-order valence-electron chi connectivity index (χ1n) is 6.01. The quantitative estimate of drug-likeness (QED) is 0.802. The Kier molecular flexibility index (Phi) is 4.80. The fraction of sp³-hybridized carbons (Fsp3) is 0.750. The zero-order chi connectivity index (χ0) is 12.1. The minimum absolute atomic E-state index is 0.585. The maximum absolute atomic E-state index is 4.24. The second kappa shape index (κ2) is 5.89. The molecule has 1 aromatic rings. The second-order valence-electron chi connectivity index (χ2n) is 4.62. The Balaban J connectivity index is 2.55. The van der Waals surface area contributed by atoms with Crippen molar-refractivity contribution in [3.8, 4) is 0 Å². The van der Waals surface area contributed by atoms with E-state index in [4.69, 9.17) is 0 Å². The standard InChI is InChI=1S/C12H24N4/c1-10(2)16(11(3)4)9-8-15-7-6-14-12(15)13-5/h6-7,10-11H,8-9H2,1-5H3,(H,13,14). The summed E-state index contributed by atoms with van der Waals surface area (Å²) < 4.78 is 2.15. The van der Waals surface area contributed by atoms with Crippen LogP contribution in [0, 0.1) is 0 Å². The molecule has 4 nitrogen and oxygen atoms in total. The predicted octanol–water partition coefficient (Wildman–Crippen LogP) is 2.04. The number of rotatable bonds is 6. The number of hydrogen-bond acceptors (Lipinski definition) is 3. The molecule has 1 aromatic heterocycles. The van der Waals surface area contributed by atoms with Gasteiger partial charge < -0.3 is 9.88 Å². The van der Waals surface area contributed by atoms with E-state index in [0.29, 0.717) is 12.1 Å². The molecule has 0 atom stereocenters. The Morgan fingerprint density at radius 2 is 1.94 bits per heavy atom. The van der Waals surface area contributed by atoms with Crippen LogP contribution in [0.3, 0.4) is 0 Å². The number of hydrogen-bond donors (Lipinski definition) is 1. The molecule has 0 fully saturated rings. The highest BCUT2D eigenvalue weighted by Crippen LogP contribution is 2.08. The molecule has 0 radical (unpaired) electrons. The van der Waals surface area contributed by atoms with Crippen LogP contribution in [-0.4, -0.2) is 40.1 Å². The summed E-state index contributed by atoms with van der Waals surface area (Å²) in [4.78, 5) is 6.72. The lowest BCUT2D eigenvalue weighted by atomic mass is 10.2. The van der Waals surface area contributed by atoms with Crippen LogP contribution in [0.1, 0.15) is 27.7 Å². The van der Waals surface area contributed by atoms with Gasteiger partial charge in [0.2, 0.25) is 5.95 Å². The van der Waals surface area contributed by atoms with Crippen LogP contribution in [0.25, 0.3) is 0 Å². The fourth-order valence-corrected chi connectivity index (χ4v) is 2.05. The van der Waals surface area contributed by atoms with Crippen LogP contribution in [0.5, 0.6) is 0 Å². The SMILES string of the molecule is CNc1nccn1CCN(C(C)C)C(C)C. The van der Waals surface area contributed by atoms with Crippen molar-refractivity contribution >= 4 is 5.95 Å². The van der Waals surface area contributed by atoms with Crippen molar-refractivity contribution < 1.29 is 0 Å². The molecule has 0 unspecified atom stereocenters. The van der Waals surface area contributed by atoms with Crippen LogP contribution in [0.15, 0.2) is 12.4 Å². The molecule has 1 heterocycles. The lowest BCUT2D eigenvalue weighted by Crippen LogP contribution is -2.39. The lowest BCUT2D eigenvalue weighted by Gasteiger charge is -2.30. The van der Waals surface area contributed by atoms with E-state index in [0.717, 1.165) is 19.0 Å². The van der Waals surface area contributed by atoms with E-state index in [1.165, 1.54) is 0 Å². The highest BCUT2D eigenvalue weighted by Gasteiger charge is 2.13. The van der Waals surface area contributed by atoms with E-state index in [-0.39, 0.29) is 0 Å². The van der Waals surface area contributed by atoms with Crippen molar-refractivity contribution in [3.63, 3.8) is 0 Å². The average Bonchev–Trinajstić information content (AvgIpc) is 2.64. The smallest absolute Gasteiger partial charge is 0.202 e. The third-order valence-electron chi connectivity index (χ3n) is 2.86. The van der Waals surface area contributed by atoms with Crippen LogP contribution >= 0.6 is 0 Å². The average molecular weight is 224 g/mol. The van der Waals surface area contributed by atoms with E-state index in [1.807, 2.05) is 19.4 Å². The highest BCUT2D eigenvalue weighted by atomic mass is 15.2. The predicted molar refractivity (Wildman–Crippen MR) is 68.8 cm³/mol. The van der Waals surface area contributed by atoms with Gasteiger partial charge in [-0.15, -0.1) is 0 Å². The van der Waals surface area contributed by atoms with Crippen molar-refractivity contribution in [3.05, 3.63) is 12.4 Å². The number of aromatic nitrogens is 2. The molecule has 1 N–H and O–H groups in total. The zero-order valence-electron chi connectivity index (χ0n) is 11.1. The van der Waals surface area contributed by atoms with Gasteiger partial charge in [0.25, 0.3) is 0 Å². The largest absolute Gasteiger partial charge is 0.359 e. The summed E-state index contributed by atoms with van der Waals surface area (Å²) in [6.07, 6.45) is 3.85. The molecule has 4 heteroatoms. The molecule has 92 valence electrons. The molecule has 0 spiro atoms. The number of nitrogens with one attached hydrogen (secondary N) is 1. The summed E-state index contributed by atoms with van der Waals surface area (Å²) in [5.74, 6) is 0.937. The molecule has 16 heavy (non-hydrogen) atoms. The first-order valence-corrected chi connectivity index (χ1v) is 6.01. The molecule has 0 saturated heterocycles. The van der Waals surface area contributed by atoms with E-state index >= 15 is 0 Å². The lowest BCUT2D eigenvalue weighted by molar-refractivity contribution is 0.168. The van der Waals surface area contributed by atoms with E-state index in [2.05, 4.69) is 47.5 Å². The fourth-order valence-electron chi connectivity index (χ4n) is 2.05. The molecular formula is C12H24N4. The summed E-state index contributed by atoms with van der Waals surface area (Å²) in [6.45, 7) is 11.0. The van der Waals surface area contributed by atoms with E-state index < -0.39 is 0 Å². The normalized spacial score (nSPS) is 11.8. The van der Waals surface area contributed by atoms with Gasteiger partial charge in [-0.2, -0.15) is 0 Å². The second-order valence-corrected chi connectivity index (χ2v) is 4.62. The Hall–Kier alpha value is -1.03. The Bertz CT molecular complexity index is 296. The van der Waals surface area contributed by atoms with Gasteiger partial charge in [-0.25, -0.2) is 4.98 Å². The van der Waals surface area contributed by atoms with Gasteiger partial charge in [0.05, 0.1) is 0 Å². The summed E-state index contributed by atoms with van der Waals surface area (Å²) >= 11 is 0. The molecule has 0 bridgehead atoms. The summed E-state index contributed by atoms with van der Waals surface area (Å²) in [5.41, 5.74) is 0. The van der Waals surface area contributed by atoms with Gasteiger partial charge in [-0.3, -0.25) is 4.90 Å². The summed E-state index contributed by atoms with van der Waals surface area (Å²) in [7, 11) is 1.90. The van der Waals surface area contributed by atoms with Gasteiger partial charge in [0, 0.05) is 44.6 Å². The molecule has 0 amide bonds. The minimum Gasteiger partial charge on any atom is -0.359 e. The van der Waals surface area contributed by atoms with E-state index in [9.17, 15) is 0 Å². The monoisotopic (exact) mass is 224 g/mol. The van der Waals surface area contributed by atoms with Crippen molar-refractivity contribution in [2.75, 3.05) is 18.9 Å². The van der Waals surface area contributed by atoms with Gasteiger partial charge in [0.15, 0.2) is 0 Å². The third kappa shape index (κ3) is 3.23. The molecule has 0 aromatic carbocycles. The zero-order valence-corrected chi connectivity index (χ0v) is 11.1. The molecule has 0 aliphatic heterocycles. The van der Waals surface area contributed by atoms with Crippen molar-refractivity contribution in [2.24, 2.45) is 0 Å². The minimum atomic E-state index is 0.585. The topological polar surface area (TPSA) is 33.1 Å². The van der Waals surface area contributed by atoms with Gasteiger partial charge >= 0.3 is 0 Å². The van der Waals surface area contributed by atoms with Crippen LogP contribution in [0.4, 0.5) is 5.95 Å². The van der Waals surface area contributed by atoms with Gasteiger partial charge in [-0.05, 0) is 27.7 Å². The third-order valence-corrected chi connectivity index (χ3v) is 2.86. The molecule has 0 saturated carbocycles. The molecular weight excluding hydrogens is 200 g/mol. The first-order chi connectivity index (χ1) is 7.56. The van der Waals surface area contributed by atoms with Gasteiger partial charge in [-0.1, -0.05) is 0 Å². The van der Waals surface area contributed by atoms with Crippen molar-refractivity contribution in [2.45, 2.75) is 46.3 Å². The Labute approximate surface area is 98.7 Å². The number of imidazole rings is 1. The molecule has 0 aliphatic carbocycles. The number of anilines is 1. The summed E-state index contributed by atoms with van der Waals surface area (Å²) in [6, 6.07) is 1.17. The van der Waals surface area contributed by atoms with E-state index in [1.54, 1.807) is 0 Å². The molecule has 0 aliphatic rings. The van der Waals surface area contributed by atoms with Crippen LogP contribution < -0.4 is 5.32 Å². The van der Waals surface area contributed by atoms with Crippen molar-refractivity contribution in [1.29, 1.82) is 0 Å². The van der Waals surface area contributed by atoms with Crippen LogP contribution in [-0.2, 0) is 6.54 Å². The molecule has 1 rings (SSSR count). The highest BCUT2D eigenvalue weighted by molar-refractivity contribution is 5.23. The van der Waals surface area contributed by atoms with Crippen LogP contribution in [0.2, 0.25) is 0 Å². The van der Waals surface area contributed by atoms with Crippen molar-refractivity contribution in [1.82, 2.24) is 14.5 Å². The number of nitrogens with zero attached hydrogens (tertiary/aromatic N) is 3. The van der Waals surface area contributed by atoms with Gasteiger partial charge in [0.1, 0.15) is 0 Å². The Morgan fingerprint density at radius 1 is 1.31 bits per heavy atom. The summed E-state index contributed by atoms with van der Waals surface area (Å²) in [5, 5.41) is 3.09.